The molecule has 4 aromatic rings. The Kier molecular flexibility index (Phi) is 7.64. The molecule has 1 fully saturated rings. The molecule has 0 aromatic heterocycles. The topological polar surface area (TPSA) is 75.3 Å². The second-order valence-electron chi connectivity index (χ2n) is 8.82. The van der Waals surface area contributed by atoms with Crippen LogP contribution in [0.25, 0.3) is 0 Å². The van der Waals surface area contributed by atoms with E-state index in [4.69, 9.17) is 23.7 Å². The van der Waals surface area contributed by atoms with Crippen molar-refractivity contribution in [2.75, 3.05) is 14.2 Å². The van der Waals surface area contributed by atoms with E-state index in [0.29, 0.717) is 36.2 Å². The number of alkyl carbamates (subject to hydrolysis) is 1. The van der Waals surface area contributed by atoms with Gasteiger partial charge in [-0.1, -0.05) is 72.8 Å². The summed E-state index contributed by atoms with van der Waals surface area (Å²) < 4.78 is 28.9. The first kappa shape index (κ1) is 25.0. The summed E-state index contributed by atoms with van der Waals surface area (Å²) >= 11 is 0. The van der Waals surface area contributed by atoms with Crippen molar-refractivity contribution in [3.8, 4) is 23.0 Å². The minimum absolute atomic E-state index is 0.382. The zero-order valence-corrected chi connectivity index (χ0v) is 21.3. The molecule has 2 atom stereocenters. The van der Waals surface area contributed by atoms with Crippen LogP contribution < -0.4 is 24.3 Å². The van der Waals surface area contributed by atoms with Crippen molar-refractivity contribution in [3.63, 3.8) is 0 Å². The Morgan fingerprint density at radius 1 is 0.658 bits per heavy atom. The van der Waals surface area contributed by atoms with Gasteiger partial charge in [-0.3, -0.25) is 0 Å². The van der Waals surface area contributed by atoms with E-state index in [0.717, 1.165) is 22.3 Å². The second-order valence-corrected chi connectivity index (χ2v) is 8.82. The van der Waals surface area contributed by atoms with Gasteiger partial charge in [-0.15, -0.1) is 0 Å². The molecular weight excluding hydrogens is 482 g/mol. The molecule has 194 valence electrons. The van der Waals surface area contributed by atoms with Crippen molar-refractivity contribution in [2.24, 2.45) is 0 Å². The fourth-order valence-corrected chi connectivity index (χ4v) is 4.39. The second kappa shape index (κ2) is 11.6. The minimum atomic E-state index is -0.581. The highest BCUT2D eigenvalue weighted by atomic mass is 16.6. The Hall–Kier alpha value is -4.65. The van der Waals surface area contributed by atoms with Gasteiger partial charge < -0.3 is 29.0 Å². The molecule has 38 heavy (non-hydrogen) atoms. The summed E-state index contributed by atoms with van der Waals surface area (Å²) in [4.78, 5) is 12.4. The summed E-state index contributed by atoms with van der Waals surface area (Å²) in [5, 5.41) is 2.93. The molecule has 4 aromatic carbocycles. The summed E-state index contributed by atoms with van der Waals surface area (Å²) in [5.74, 6) is 2.35. The predicted octanol–water partition coefficient (Wildman–Crippen LogP) is 6.38. The van der Waals surface area contributed by atoms with Crippen LogP contribution in [0.3, 0.4) is 0 Å². The van der Waals surface area contributed by atoms with Crippen LogP contribution in [0.1, 0.15) is 34.4 Å². The molecule has 0 unspecified atom stereocenters. The largest absolute Gasteiger partial charge is 0.493 e. The molecule has 1 saturated heterocycles. The summed E-state index contributed by atoms with van der Waals surface area (Å²) in [5.41, 5.74) is 3.68. The molecule has 0 spiro atoms. The zero-order chi connectivity index (χ0) is 26.3. The number of methoxy groups -OCH3 is 2. The monoisotopic (exact) mass is 511 g/mol. The van der Waals surface area contributed by atoms with Gasteiger partial charge in [0.25, 0.3) is 0 Å². The van der Waals surface area contributed by atoms with E-state index in [1.807, 2.05) is 97.1 Å². The molecule has 0 saturated carbocycles. The third-order valence-electron chi connectivity index (χ3n) is 6.35. The molecule has 1 heterocycles. The van der Waals surface area contributed by atoms with Crippen molar-refractivity contribution in [1.29, 1.82) is 0 Å². The lowest BCUT2D eigenvalue weighted by molar-refractivity contribution is 0.132. The Morgan fingerprint density at radius 3 is 1.68 bits per heavy atom. The number of carbonyl (C=O) groups is 1. The Balaban J connectivity index is 1.40. The molecule has 1 aliphatic rings. The highest BCUT2D eigenvalue weighted by molar-refractivity contribution is 5.71. The maximum atomic E-state index is 12.4. The van der Waals surface area contributed by atoms with Gasteiger partial charge in [0, 0.05) is 0 Å². The lowest BCUT2D eigenvalue weighted by Gasteiger charge is -2.21. The molecule has 5 rings (SSSR count). The molecule has 0 radical (unpaired) electrons. The molecule has 7 heteroatoms. The average Bonchev–Trinajstić information content (AvgIpc) is 3.37. The van der Waals surface area contributed by atoms with Crippen LogP contribution in [0.4, 0.5) is 4.79 Å². The maximum absolute atomic E-state index is 12.4. The summed E-state index contributed by atoms with van der Waals surface area (Å²) in [7, 11) is 3.20. The number of cyclic esters (lactones) is 1. The Labute approximate surface area is 221 Å². The van der Waals surface area contributed by atoms with Gasteiger partial charge in [0.05, 0.1) is 20.3 Å². The van der Waals surface area contributed by atoms with Crippen LogP contribution in [-0.2, 0) is 18.0 Å². The third kappa shape index (κ3) is 5.67. The predicted molar refractivity (Wildman–Crippen MR) is 143 cm³/mol. The first-order valence-corrected chi connectivity index (χ1v) is 12.3. The van der Waals surface area contributed by atoms with Gasteiger partial charge in [0.2, 0.25) is 0 Å². The van der Waals surface area contributed by atoms with E-state index >= 15 is 0 Å². The van der Waals surface area contributed by atoms with E-state index in [1.54, 1.807) is 14.2 Å². The van der Waals surface area contributed by atoms with Crippen LogP contribution >= 0.6 is 0 Å². The quantitative estimate of drug-likeness (QED) is 0.266. The van der Waals surface area contributed by atoms with Gasteiger partial charge in [-0.2, -0.15) is 0 Å². The number of nitrogens with one attached hydrogen (secondary N) is 1. The fraction of sp³-hybridized carbons (Fsp3) is 0.194. The number of rotatable bonds is 10. The van der Waals surface area contributed by atoms with E-state index in [-0.39, 0.29) is 0 Å². The Morgan fingerprint density at radius 2 is 1.16 bits per heavy atom. The van der Waals surface area contributed by atoms with E-state index in [2.05, 4.69) is 5.32 Å². The van der Waals surface area contributed by atoms with Crippen molar-refractivity contribution in [2.45, 2.75) is 25.4 Å². The average molecular weight is 512 g/mol. The van der Waals surface area contributed by atoms with Crippen molar-refractivity contribution in [3.05, 3.63) is 119 Å². The minimum Gasteiger partial charge on any atom is -0.493 e. The molecule has 1 aliphatic heterocycles. The molecular formula is C31H29NO6. The Bertz CT molecular complexity index is 1270. The SMILES string of the molecule is COc1ccc([C@H]2NC(=O)O[C@H]2c2ccc(OC)c(OCc3ccccc3)c2)cc1OCc1ccccc1. The van der Waals surface area contributed by atoms with Gasteiger partial charge >= 0.3 is 6.09 Å². The summed E-state index contributed by atoms with van der Waals surface area (Å²) in [6.07, 6.45) is -1.08. The normalized spacial score (nSPS) is 16.3. The number of ether oxygens (including phenoxy) is 5. The first-order valence-electron chi connectivity index (χ1n) is 12.3. The van der Waals surface area contributed by atoms with Crippen molar-refractivity contribution >= 4 is 6.09 Å². The number of amides is 1. The van der Waals surface area contributed by atoms with Crippen LogP contribution in [0.2, 0.25) is 0 Å². The standard InChI is InChI=1S/C31H29NO6/c1-34-25-15-13-23(17-27(25)36-19-21-9-5-3-6-10-21)29-30(38-31(33)32-29)24-14-16-26(35-2)28(18-24)37-20-22-11-7-4-8-12-22/h3-18,29-30H,19-20H2,1-2H3,(H,32,33)/t29-,30+/m1/s1. The van der Waals surface area contributed by atoms with Gasteiger partial charge in [0.15, 0.2) is 29.1 Å². The number of hydrogen-bond acceptors (Lipinski definition) is 6. The van der Waals surface area contributed by atoms with Crippen LogP contribution in [0.5, 0.6) is 23.0 Å². The molecule has 0 aliphatic carbocycles. The lowest BCUT2D eigenvalue weighted by atomic mass is 9.96. The highest BCUT2D eigenvalue weighted by Crippen LogP contribution is 2.42. The number of hydrogen-bond donors (Lipinski definition) is 1. The third-order valence-corrected chi connectivity index (χ3v) is 6.35. The summed E-state index contributed by atoms with van der Waals surface area (Å²) in [6.45, 7) is 0.769. The fourth-order valence-electron chi connectivity index (χ4n) is 4.39. The van der Waals surface area contributed by atoms with Gasteiger partial charge in [-0.05, 0) is 46.5 Å². The van der Waals surface area contributed by atoms with Gasteiger partial charge in [0.1, 0.15) is 13.2 Å². The van der Waals surface area contributed by atoms with E-state index < -0.39 is 18.2 Å². The summed E-state index contributed by atoms with van der Waals surface area (Å²) in [6, 6.07) is 30.5. The number of carbonyl (C=O) groups excluding carboxylic acids is 1. The van der Waals surface area contributed by atoms with Gasteiger partial charge in [-0.25, -0.2) is 4.79 Å². The van der Waals surface area contributed by atoms with E-state index in [9.17, 15) is 4.79 Å². The van der Waals surface area contributed by atoms with Crippen molar-refractivity contribution < 1.29 is 28.5 Å². The molecule has 1 N–H and O–H groups in total. The molecule has 0 bridgehead atoms. The molecule has 7 nitrogen and oxygen atoms in total. The van der Waals surface area contributed by atoms with Crippen molar-refractivity contribution in [1.82, 2.24) is 5.32 Å². The lowest BCUT2D eigenvalue weighted by Crippen LogP contribution is -2.19. The first-order chi connectivity index (χ1) is 18.6. The van der Waals surface area contributed by atoms with Crippen LogP contribution in [0.15, 0.2) is 97.1 Å². The maximum Gasteiger partial charge on any atom is 0.408 e. The molecule has 1 amide bonds. The highest BCUT2D eigenvalue weighted by Gasteiger charge is 2.37. The van der Waals surface area contributed by atoms with Crippen LogP contribution in [0, 0.1) is 0 Å². The van der Waals surface area contributed by atoms with Crippen LogP contribution in [-0.4, -0.2) is 20.3 Å². The number of benzene rings is 4. The smallest absolute Gasteiger partial charge is 0.408 e. The van der Waals surface area contributed by atoms with E-state index in [1.165, 1.54) is 0 Å². The zero-order valence-electron chi connectivity index (χ0n) is 21.3.